The summed E-state index contributed by atoms with van der Waals surface area (Å²) in [5, 5.41) is 12.6. The number of carbonyl (C=O) groups is 4. The Balaban J connectivity index is 1.29. The lowest BCUT2D eigenvalue weighted by Gasteiger charge is -2.30. The Labute approximate surface area is 263 Å². The maximum Gasteiger partial charge on any atom is 0.243 e. The van der Waals surface area contributed by atoms with Gasteiger partial charge in [0, 0.05) is 32.1 Å². The van der Waals surface area contributed by atoms with Crippen molar-refractivity contribution in [3.05, 3.63) is 101 Å². The Morgan fingerprint density at radius 3 is 2.27 bits per heavy atom. The number of likely N-dealkylation sites (tertiary alicyclic amines) is 1. The summed E-state index contributed by atoms with van der Waals surface area (Å²) >= 11 is 0. The Kier molecular flexibility index (Phi) is 10.1. The highest BCUT2D eigenvalue weighted by Crippen LogP contribution is 2.24. The fourth-order valence-electron chi connectivity index (χ4n) is 6.36. The molecule has 10 nitrogen and oxygen atoms in total. The van der Waals surface area contributed by atoms with Crippen molar-refractivity contribution in [2.24, 2.45) is 17.4 Å². The number of carbonyl (C=O) groups excluding carboxylic acids is 4. The summed E-state index contributed by atoms with van der Waals surface area (Å²) in [7, 11) is 0. The minimum Gasteiger partial charge on any atom is -0.508 e. The summed E-state index contributed by atoms with van der Waals surface area (Å²) in [6, 6.07) is 21.8. The molecule has 1 saturated heterocycles. The van der Waals surface area contributed by atoms with Gasteiger partial charge in [0.25, 0.3) is 0 Å². The van der Waals surface area contributed by atoms with Gasteiger partial charge in [-0.3, -0.25) is 19.2 Å². The molecule has 0 aliphatic carbocycles. The zero-order chi connectivity index (χ0) is 31.9. The van der Waals surface area contributed by atoms with Crippen LogP contribution in [0, 0.1) is 5.92 Å². The normalized spacial score (nSPS) is 19.2. The molecule has 2 heterocycles. The summed E-state index contributed by atoms with van der Waals surface area (Å²) in [5.74, 6) is -1.64. The van der Waals surface area contributed by atoms with Gasteiger partial charge >= 0.3 is 0 Å². The fraction of sp³-hybridized carbons (Fsp3) is 0.371. The van der Waals surface area contributed by atoms with Crippen LogP contribution in [0.1, 0.15) is 41.5 Å². The second-order valence-electron chi connectivity index (χ2n) is 12.1. The van der Waals surface area contributed by atoms with Gasteiger partial charge in [0.15, 0.2) is 0 Å². The molecule has 10 heteroatoms. The number of phenolic OH excluding ortho intramolecular Hbond substituents is 1. The first-order valence-corrected chi connectivity index (χ1v) is 15.5. The van der Waals surface area contributed by atoms with E-state index in [9.17, 15) is 24.3 Å². The van der Waals surface area contributed by atoms with Gasteiger partial charge in [0.2, 0.25) is 23.6 Å². The number of amides is 4. The smallest absolute Gasteiger partial charge is 0.243 e. The van der Waals surface area contributed by atoms with E-state index in [1.165, 1.54) is 0 Å². The molecule has 2 aliphatic rings. The van der Waals surface area contributed by atoms with Gasteiger partial charge in [-0.2, -0.15) is 0 Å². The molecule has 4 atom stereocenters. The lowest BCUT2D eigenvalue weighted by Crippen LogP contribution is -2.54. The number of hydrogen-bond acceptors (Lipinski definition) is 6. The van der Waals surface area contributed by atoms with Crippen molar-refractivity contribution in [2.75, 3.05) is 13.1 Å². The molecule has 0 unspecified atom stereocenters. The van der Waals surface area contributed by atoms with Crippen LogP contribution in [-0.2, 0) is 45.0 Å². The van der Waals surface area contributed by atoms with E-state index >= 15 is 0 Å². The average molecular weight is 612 g/mol. The highest BCUT2D eigenvalue weighted by Gasteiger charge is 2.37. The zero-order valence-corrected chi connectivity index (χ0v) is 25.3. The predicted molar refractivity (Wildman–Crippen MR) is 169 cm³/mol. The lowest BCUT2D eigenvalue weighted by molar-refractivity contribution is -0.140. The molecular weight excluding hydrogens is 570 g/mol. The number of aromatic hydroxyl groups is 1. The van der Waals surface area contributed by atoms with Crippen LogP contribution in [0.3, 0.4) is 0 Å². The third-order valence-electron chi connectivity index (χ3n) is 8.78. The second-order valence-corrected chi connectivity index (χ2v) is 12.1. The molecule has 4 amide bonds. The molecule has 0 spiro atoms. The van der Waals surface area contributed by atoms with Crippen molar-refractivity contribution in [3.63, 3.8) is 0 Å². The largest absolute Gasteiger partial charge is 0.508 e. The topological polar surface area (TPSA) is 159 Å². The highest BCUT2D eigenvalue weighted by molar-refractivity contribution is 5.91. The Bertz CT molecular complexity index is 1510. The Morgan fingerprint density at radius 2 is 1.56 bits per heavy atom. The predicted octanol–water partition coefficient (Wildman–Crippen LogP) is 2.06. The number of fused-ring (bicyclic) bond motifs is 1. The zero-order valence-electron chi connectivity index (χ0n) is 25.3. The number of nitrogens with two attached hydrogens (primary N) is 2. The lowest BCUT2D eigenvalue weighted by atomic mass is 9.97. The number of primary amides is 1. The molecule has 5 rings (SSSR count). The first kappa shape index (κ1) is 31.7. The second kappa shape index (κ2) is 14.4. The molecule has 3 aromatic rings. The number of rotatable bonds is 10. The quantitative estimate of drug-likeness (QED) is 0.275. The monoisotopic (exact) mass is 611 g/mol. The summed E-state index contributed by atoms with van der Waals surface area (Å²) in [5.41, 5.74) is 15.8. The van der Waals surface area contributed by atoms with Gasteiger partial charge in [-0.1, -0.05) is 66.7 Å². The SMILES string of the molecule is NC(=O)[C@H]1Cc2ccccc2CN(C(=O)C[C@H](Cc2ccccc2)NC(=O)[C@@H]2CCCN2C(=O)[C@@H](N)Cc2ccc(O)cc2)C1. The van der Waals surface area contributed by atoms with Gasteiger partial charge in [-0.25, -0.2) is 0 Å². The number of nitrogens with one attached hydrogen (secondary N) is 1. The standard InChI is InChI=1S/C35H41N5O5/c36-30(18-24-12-14-29(41)15-13-24)35(45)40-16-6-11-31(40)34(44)38-28(17-23-7-2-1-3-8-23)20-32(42)39-21-26-10-5-4-9-25(26)19-27(22-39)33(37)43/h1-5,7-10,12-15,27-28,30-31,41H,6,11,16-22,36H2,(H2,37,43)(H,38,44)/t27-,28-,30-,31-/m0/s1. The van der Waals surface area contributed by atoms with Gasteiger partial charge in [-0.15, -0.1) is 0 Å². The summed E-state index contributed by atoms with van der Waals surface area (Å²) in [6.07, 6.45) is 2.36. The van der Waals surface area contributed by atoms with E-state index < -0.39 is 30.0 Å². The molecule has 236 valence electrons. The van der Waals surface area contributed by atoms with E-state index in [0.29, 0.717) is 38.8 Å². The van der Waals surface area contributed by atoms with E-state index in [-0.39, 0.29) is 42.9 Å². The van der Waals surface area contributed by atoms with Crippen LogP contribution < -0.4 is 16.8 Å². The molecule has 2 aliphatic heterocycles. The van der Waals surface area contributed by atoms with Gasteiger partial charge < -0.3 is 31.7 Å². The van der Waals surface area contributed by atoms with Gasteiger partial charge in [-0.05, 0) is 66.5 Å². The highest BCUT2D eigenvalue weighted by atomic mass is 16.3. The van der Waals surface area contributed by atoms with Crippen molar-refractivity contribution >= 4 is 23.6 Å². The van der Waals surface area contributed by atoms with Crippen molar-refractivity contribution < 1.29 is 24.3 Å². The molecule has 0 bridgehead atoms. The van der Waals surface area contributed by atoms with Crippen LogP contribution >= 0.6 is 0 Å². The number of phenols is 1. The first-order chi connectivity index (χ1) is 21.7. The Morgan fingerprint density at radius 1 is 0.889 bits per heavy atom. The maximum atomic E-state index is 13.8. The van der Waals surface area contributed by atoms with Crippen LogP contribution in [0.25, 0.3) is 0 Å². The molecule has 0 aromatic heterocycles. The van der Waals surface area contributed by atoms with Crippen LogP contribution in [0.5, 0.6) is 5.75 Å². The third kappa shape index (κ3) is 8.07. The summed E-state index contributed by atoms with van der Waals surface area (Å²) in [4.78, 5) is 56.4. The van der Waals surface area contributed by atoms with Crippen LogP contribution in [-0.4, -0.2) is 69.8 Å². The van der Waals surface area contributed by atoms with Crippen molar-refractivity contribution in [1.82, 2.24) is 15.1 Å². The summed E-state index contributed by atoms with van der Waals surface area (Å²) in [6.45, 7) is 0.984. The van der Waals surface area contributed by atoms with Gasteiger partial charge in [0.05, 0.1) is 12.0 Å². The van der Waals surface area contributed by atoms with E-state index in [0.717, 1.165) is 22.3 Å². The van der Waals surface area contributed by atoms with Crippen molar-refractivity contribution in [3.8, 4) is 5.75 Å². The minimum absolute atomic E-state index is 0.0231. The third-order valence-corrected chi connectivity index (χ3v) is 8.78. The number of benzene rings is 3. The number of nitrogens with zero attached hydrogens (tertiary/aromatic N) is 2. The minimum atomic E-state index is -0.839. The van der Waals surface area contributed by atoms with E-state index in [1.807, 2.05) is 54.6 Å². The van der Waals surface area contributed by atoms with Gasteiger partial charge in [0.1, 0.15) is 11.8 Å². The van der Waals surface area contributed by atoms with E-state index in [2.05, 4.69) is 5.32 Å². The van der Waals surface area contributed by atoms with E-state index in [4.69, 9.17) is 11.5 Å². The van der Waals surface area contributed by atoms with Crippen LogP contribution in [0.15, 0.2) is 78.9 Å². The average Bonchev–Trinajstić information content (AvgIpc) is 3.43. The molecule has 6 N–H and O–H groups in total. The molecule has 0 radical (unpaired) electrons. The molecule has 45 heavy (non-hydrogen) atoms. The van der Waals surface area contributed by atoms with Crippen LogP contribution in [0.2, 0.25) is 0 Å². The van der Waals surface area contributed by atoms with Crippen LogP contribution in [0.4, 0.5) is 0 Å². The molecular formula is C35H41N5O5. The summed E-state index contributed by atoms with van der Waals surface area (Å²) < 4.78 is 0. The van der Waals surface area contributed by atoms with Crippen molar-refractivity contribution in [1.29, 1.82) is 0 Å². The van der Waals surface area contributed by atoms with E-state index in [1.54, 1.807) is 34.1 Å². The molecule has 0 saturated carbocycles. The van der Waals surface area contributed by atoms with Crippen molar-refractivity contribution in [2.45, 2.75) is 63.2 Å². The Hall–Kier alpha value is -4.70. The first-order valence-electron chi connectivity index (χ1n) is 15.5. The molecule has 3 aromatic carbocycles. The number of hydrogen-bond donors (Lipinski definition) is 4. The fourth-order valence-corrected chi connectivity index (χ4v) is 6.36. The molecule has 1 fully saturated rings. The maximum absolute atomic E-state index is 13.8.